The predicted octanol–water partition coefficient (Wildman–Crippen LogP) is 3.56. The third-order valence-corrected chi connectivity index (χ3v) is 3.36. The van der Waals surface area contributed by atoms with E-state index in [-0.39, 0.29) is 5.91 Å². The molecule has 0 aliphatic carbocycles. The van der Waals surface area contributed by atoms with Crippen LogP contribution in [0.2, 0.25) is 0 Å². The Kier molecular flexibility index (Phi) is 6.48. The Balaban J connectivity index is 1.90. The van der Waals surface area contributed by atoms with Crippen molar-refractivity contribution in [1.82, 2.24) is 5.32 Å². The van der Waals surface area contributed by atoms with E-state index in [2.05, 4.69) is 5.32 Å². The third kappa shape index (κ3) is 5.33. The highest BCUT2D eigenvalue weighted by molar-refractivity contribution is 5.81. The average Bonchev–Trinajstić information content (AvgIpc) is 2.59. The molecule has 0 aliphatic heterocycles. The monoisotopic (exact) mass is 313 g/mol. The summed E-state index contributed by atoms with van der Waals surface area (Å²) < 4.78 is 11.2. The number of amides is 1. The van der Waals surface area contributed by atoms with Gasteiger partial charge in [-0.05, 0) is 43.2 Å². The number of hydrogen-bond acceptors (Lipinski definition) is 3. The zero-order valence-electron chi connectivity index (χ0n) is 13.6. The summed E-state index contributed by atoms with van der Waals surface area (Å²) in [5, 5.41) is 2.92. The minimum Gasteiger partial charge on any atom is -0.494 e. The summed E-state index contributed by atoms with van der Waals surface area (Å²) in [5.41, 5.74) is 0.999. The maximum atomic E-state index is 12.3. The Morgan fingerprint density at radius 2 is 1.78 bits per heavy atom. The molecule has 23 heavy (non-hydrogen) atoms. The molecule has 1 atom stereocenters. The van der Waals surface area contributed by atoms with Crippen LogP contribution in [-0.2, 0) is 11.3 Å². The first-order valence-electron chi connectivity index (χ1n) is 7.94. The van der Waals surface area contributed by atoms with Gasteiger partial charge in [0.05, 0.1) is 6.61 Å². The summed E-state index contributed by atoms with van der Waals surface area (Å²) in [6.07, 6.45) is 0.118. The summed E-state index contributed by atoms with van der Waals surface area (Å²) in [7, 11) is 0. The van der Waals surface area contributed by atoms with Gasteiger partial charge in [-0.3, -0.25) is 4.79 Å². The fraction of sp³-hybridized carbons (Fsp3) is 0.316. The summed E-state index contributed by atoms with van der Waals surface area (Å²) in [4.78, 5) is 12.3. The molecule has 0 spiro atoms. The molecule has 4 nitrogen and oxygen atoms in total. The summed E-state index contributed by atoms with van der Waals surface area (Å²) in [5.74, 6) is 1.40. The van der Waals surface area contributed by atoms with Crippen molar-refractivity contribution in [3.05, 3.63) is 60.2 Å². The first-order valence-corrected chi connectivity index (χ1v) is 7.94. The molecule has 0 saturated carbocycles. The van der Waals surface area contributed by atoms with E-state index in [0.717, 1.165) is 11.3 Å². The van der Waals surface area contributed by atoms with Gasteiger partial charge in [0.2, 0.25) is 0 Å². The summed E-state index contributed by atoms with van der Waals surface area (Å²) in [6.45, 7) is 4.96. The predicted molar refractivity (Wildman–Crippen MR) is 90.6 cm³/mol. The number of carbonyl (C=O) groups excluding carboxylic acids is 1. The number of para-hydroxylation sites is 1. The maximum Gasteiger partial charge on any atom is 0.261 e. The highest BCUT2D eigenvalue weighted by Crippen LogP contribution is 2.14. The second-order valence-corrected chi connectivity index (χ2v) is 5.13. The Bertz CT molecular complexity index is 613. The van der Waals surface area contributed by atoms with Gasteiger partial charge in [0.15, 0.2) is 6.10 Å². The number of ether oxygens (including phenoxy) is 2. The number of carbonyl (C=O) groups is 1. The van der Waals surface area contributed by atoms with Crippen molar-refractivity contribution >= 4 is 5.91 Å². The van der Waals surface area contributed by atoms with Gasteiger partial charge in [-0.2, -0.15) is 0 Å². The van der Waals surface area contributed by atoms with Crippen LogP contribution < -0.4 is 14.8 Å². The van der Waals surface area contributed by atoms with Gasteiger partial charge >= 0.3 is 0 Å². The number of benzene rings is 2. The minimum absolute atomic E-state index is 0.113. The van der Waals surface area contributed by atoms with Crippen LogP contribution in [0, 0.1) is 0 Å². The Morgan fingerprint density at radius 1 is 1.04 bits per heavy atom. The van der Waals surface area contributed by atoms with Crippen molar-refractivity contribution in [1.29, 1.82) is 0 Å². The molecule has 0 fully saturated rings. The molecule has 1 amide bonds. The van der Waals surface area contributed by atoms with Crippen molar-refractivity contribution in [3.8, 4) is 11.5 Å². The largest absolute Gasteiger partial charge is 0.494 e. The molecule has 2 aromatic rings. The van der Waals surface area contributed by atoms with Gasteiger partial charge in [0, 0.05) is 6.54 Å². The van der Waals surface area contributed by atoms with E-state index in [0.29, 0.717) is 25.3 Å². The normalized spacial score (nSPS) is 11.6. The van der Waals surface area contributed by atoms with E-state index in [1.807, 2.05) is 68.4 Å². The van der Waals surface area contributed by atoms with Gasteiger partial charge in [-0.1, -0.05) is 37.3 Å². The second-order valence-electron chi connectivity index (χ2n) is 5.13. The van der Waals surface area contributed by atoms with E-state index in [1.165, 1.54) is 0 Å². The molecular formula is C19H23NO3. The maximum absolute atomic E-state index is 12.3. The van der Waals surface area contributed by atoms with Crippen LogP contribution in [0.3, 0.4) is 0 Å². The van der Waals surface area contributed by atoms with E-state index >= 15 is 0 Å². The first-order chi connectivity index (χ1) is 11.2. The molecule has 122 valence electrons. The highest BCUT2D eigenvalue weighted by atomic mass is 16.5. The van der Waals surface area contributed by atoms with Crippen LogP contribution in [0.4, 0.5) is 0 Å². The van der Waals surface area contributed by atoms with Crippen molar-refractivity contribution in [2.75, 3.05) is 6.61 Å². The van der Waals surface area contributed by atoms with Gasteiger partial charge in [-0.15, -0.1) is 0 Å². The van der Waals surface area contributed by atoms with E-state index in [9.17, 15) is 4.79 Å². The molecule has 4 heteroatoms. The van der Waals surface area contributed by atoms with Gasteiger partial charge in [-0.25, -0.2) is 0 Å². The smallest absolute Gasteiger partial charge is 0.261 e. The second kappa shape index (κ2) is 8.83. The standard InChI is InChI=1S/C19H23NO3/c1-3-18(23-16-10-6-5-7-11-16)19(21)20-14-15-9-8-12-17(13-15)22-4-2/h5-13,18H,3-4,14H2,1-2H3,(H,20,21)/t18-/m0/s1. The molecule has 2 aromatic carbocycles. The Labute approximate surface area is 137 Å². The van der Waals surface area contributed by atoms with Crippen LogP contribution in [-0.4, -0.2) is 18.6 Å². The fourth-order valence-electron chi connectivity index (χ4n) is 2.20. The minimum atomic E-state index is -0.493. The number of nitrogens with one attached hydrogen (secondary N) is 1. The van der Waals surface area contributed by atoms with Crippen molar-refractivity contribution in [2.24, 2.45) is 0 Å². The van der Waals surface area contributed by atoms with Crippen LogP contribution >= 0.6 is 0 Å². The zero-order valence-corrected chi connectivity index (χ0v) is 13.6. The number of hydrogen-bond donors (Lipinski definition) is 1. The summed E-state index contributed by atoms with van der Waals surface area (Å²) in [6, 6.07) is 17.1. The third-order valence-electron chi connectivity index (χ3n) is 3.36. The molecule has 0 unspecified atom stereocenters. The molecule has 0 saturated heterocycles. The Hall–Kier alpha value is -2.49. The van der Waals surface area contributed by atoms with Crippen molar-refractivity contribution in [3.63, 3.8) is 0 Å². The van der Waals surface area contributed by atoms with Gasteiger partial charge in [0.1, 0.15) is 11.5 Å². The van der Waals surface area contributed by atoms with Crippen LogP contribution in [0.1, 0.15) is 25.8 Å². The quantitative estimate of drug-likeness (QED) is 0.810. The van der Waals surface area contributed by atoms with Crippen molar-refractivity contribution < 1.29 is 14.3 Å². The fourth-order valence-corrected chi connectivity index (χ4v) is 2.20. The molecule has 1 N–H and O–H groups in total. The first kappa shape index (κ1) is 16.9. The van der Waals surface area contributed by atoms with Crippen LogP contribution in [0.25, 0.3) is 0 Å². The molecule has 2 rings (SSSR count). The molecule has 0 bridgehead atoms. The topological polar surface area (TPSA) is 47.6 Å². The molecule has 0 aromatic heterocycles. The molecule has 0 aliphatic rings. The van der Waals surface area contributed by atoms with Crippen LogP contribution in [0.5, 0.6) is 11.5 Å². The van der Waals surface area contributed by atoms with E-state index in [1.54, 1.807) is 0 Å². The Morgan fingerprint density at radius 3 is 2.48 bits per heavy atom. The van der Waals surface area contributed by atoms with Crippen molar-refractivity contribution in [2.45, 2.75) is 32.9 Å². The highest BCUT2D eigenvalue weighted by Gasteiger charge is 2.17. The SMILES string of the molecule is CCOc1cccc(CNC(=O)[C@H](CC)Oc2ccccc2)c1. The molecule has 0 radical (unpaired) electrons. The van der Waals surface area contributed by atoms with Gasteiger partial charge in [0.25, 0.3) is 5.91 Å². The lowest BCUT2D eigenvalue weighted by Crippen LogP contribution is -2.37. The van der Waals surface area contributed by atoms with E-state index < -0.39 is 6.10 Å². The lowest BCUT2D eigenvalue weighted by Gasteiger charge is -2.17. The zero-order chi connectivity index (χ0) is 16.5. The number of rotatable bonds is 8. The molecular weight excluding hydrogens is 290 g/mol. The lowest BCUT2D eigenvalue weighted by molar-refractivity contribution is -0.128. The average molecular weight is 313 g/mol. The summed E-state index contributed by atoms with van der Waals surface area (Å²) >= 11 is 0. The van der Waals surface area contributed by atoms with Gasteiger partial charge < -0.3 is 14.8 Å². The van der Waals surface area contributed by atoms with E-state index in [4.69, 9.17) is 9.47 Å². The molecule has 0 heterocycles. The lowest BCUT2D eigenvalue weighted by atomic mass is 10.2. The van der Waals surface area contributed by atoms with Crippen LogP contribution in [0.15, 0.2) is 54.6 Å².